The van der Waals surface area contributed by atoms with Crippen LogP contribution in [-0.4, -0.2) is 49.8 Å². The van der Waals surface area contributed by atoms with Crippen LogP contribution in [0.5, 0.6) is 0 Å². The summed E-state index contributed by atoms with van der Waals surface area (Å²) < 4.78 is 27.6. The van der Waals surface area contributed by atoms with Gasteiger partial charge >= 0.3 is 5.97 Å². The lowest BCUT2D eigenvalue weighted by molar-refractivity contribution is -0.131. The number of aliphatic carboxylic acids is 1. The molecule has 0 radical (unpaired) electrons. The lowest BCUT2D eigenvalue weighted by Crippen LogP contribution is -2.39. The number of rotatable bonds is 5. The zero-order valence-corrected chi connectivity index (χ0v) is 14.2. The van der Waals surface area contributed by atoms with Crippen LogP contribution in [0.2, 0.25) is 5.02 Å². The summed E-state index contributed by atoms with van der Waals surface area (Å²) in [7, 11) is -3.65. The molecule has 1 aliphatic rings. The van der Waals surface area contributed by atoms with Crippen LogP contribution in [0.4, 0.5) is 0 Å². The predicted molar refractivity (Wildman–Crippen MR) is 86.8 cm³/mol. The molecule has 1 aromatic rings. The first-order chi connectivity index (χ1) is 10.7. The van der Waals surface area contributed by atoms with Crippen molar-refractivity contribution in [3.63, 3.8) is 0 Å². The third-order valence-electron chi connectivity index (χ3n) is 3.48. The molecule has 0 spiro atoms. The van der Waals surface area contributed by atoms with E-state index in [4.69, 9.17) is 20.9 Å². The van der Waals surface area contributed by atoms with Crippen LogP contribution in [0.25, 0.3) is 0 Å². The molecule has 0 saturated carbocycles. The van der Waals surface area contributed by atoms with Crippen molar-refractivity contribution in [2.45, 2.75) is 19.1 Å². The molecular weight excluding hydrogens is 342 g/mol. The Bertz CT molecular complexity index is 716. The average Bonchev–Trinajstić information content (AvgIpc) is 2.42. The summed E-state index contributed by atoms with van der Waals surface area (Å²) in [4.78, 5) is 13.0. The molecule has 126 valence electrons. The maximum Gasteiger partial charge on any atom is 0.328 e. The highest BCUT2D eigenvalue weighted by atomic mass is 35.5. The van der Waals surface area contributed by atoms with E-state index in [2.05, 4.69) is 0 Å². The van der Waals surface area contributed by atoms with Gasteiger partial charge in [-0.05, 0) is 23.6 Å². The van der Waals surface area contributed by atoms with Crippen molar-refractivity contribution in [3.05, 3.63) is 46.5 Å². The van der Waals surface area contributed by atoms with Gasteiger partial charge in [-0.15, -0.1) is 0 Å². The molecule has 2 rings (SSSR count). The van der Waals surface area contributed by atoms with Crippen LogP contribution in [0.3, 0.4) is 0 Å². The SMILES string of the molecule is CS(=O)(=O)OC1CCN(Cc2ccccc2Cl)C/C1=C\C(=O)O. The fourth-order valence-corrected chi connectivity index (χ4v) is 3.38. The minimum Gasteiger partial charge on any atom is -0.478 e. The predicted octanol–water partition coefficient (Wildman–Crippen LogP) is 1.90. The van der Waals surface area contributed by atoms with E-state index in [0.29, 0.717) is 36.7 Å². The van der Waals surface area contributed by atoms with Crippen LogP contribution in [0.15, 0.2) is 35.9 Å². The first kappa shape index (κ1) is 17.9. The Labute approximate surface area is 140 Å². The second kappa shape index (κ2) is 7.44. The van der Waals surface area contributed by atoms with Crippen molar-refractivity contribution in [3.8, 4) is 0 Å². The molecule has 1 fully saturated rings. The minimum atomic E-state index is -3.65. The molecule has 1 aliphatic heterocycles. The summed E-state index contributed by atoms with van der Waals surface area (Å²) in [6, 6.07) is 7.43. The highest BCUT2D eigenvalue weighted by Gasteiger charge is 2.28. The van der Waals surface area contributed by atoms with Gasteiger partial charge in [-0.3, -0.25) is 9.08 Å². The van der Waals surface area contributed by atoms with Gasteiger partial charge in [0.2, 0.25) is 0 Å². The monoisotopic (exact) mass is 359 g/mol. The molecule has 1 atom stereocenters. The lowest BCUT2D eigenvalue weighted by Gasteiger charge is -2.33. The zero-order chi connectivity index (χ0) is 17.0. The smallest absolute Gasteiger partial charge is 0.328 e. The molecule has 0 bridgehead atoms. The minimum absolute atomic E-state index is 0.317. The Hall–Kier alpha value is -1.41. The maximum atomic E-state index is 11.3. The van der Waals surface area contributed by atoms with E-state index >= 15 is 0 Å². The molecule has 1 heterocycles. The number of piperidine rings is 1. The van der Waals surface area contributed by atoms with E-state index in [1.54, 1.807) is 6.07 Å². The Morgan fingerprint density at radius 3 is 2.78 bits per heavy atom. The van der Waals surface area contributed by atoms with E-state index in [1.807, 2.05) is 23.1 Å². The summed E-state index contributed by atoms with van der Waals surface area (Å²) in [6.07, 6.45) is 1.65. The molecular formula is C15H18ClNO5S. The topological polar surface area (TPSA) is 83.9 Å². The average molecular weight is 360 g/mol. The number of carboxylic acids is 1. The molecule has 1 aromatic carbocycles. The number of hydrogen-bond donors (Lipinski definition) is 1. The largest absolute Gasteiger partial charge is 0.478 e. The van der Waals surface area contributed by atoms with Crippen molar-refractivity contribution in [1.82, 2.24) is 4.90 Å². The summed E-state index contributed by atoms with van der Waals surface area (Å²) >= 11 is 6.14. The standard InChI is InChI=1S/C15H18ClNO5S/c1-23(20,21)22-14-6-7-17(10-12(14)8-15(18)19)9-11-4-2-3-5-13(11)16/h2-5,8,14H,6-7,9-10H2,1H3,(H,18,19)/b12-8+. The number of carbonyl (C=O) groups is 1. The van der Waals surface area contributed by atoms with Gasteiger partial charge in [0.05, 0.1) is 6.26 Å². The Morgan fingerprint density at radius 1 is 1.48 bits per heavy atom. The van der Waals surface area contributed by atoms with Crippen LogP contribution >= 0.6 is 11.6 Å². The van der Waals surface area contributed by atoms with E-state index in [-0.39, 0.29) is 0 Å². The summed E-state index contributed by atoms with van der Waals surface area (Å²) in [5, 5.41) is 9.63. The molecule has 1 saturated heterocycles. The molecule has 6 nitrogen and oxygen atoms in total. The van der Waals surface area contributed by atoms with E-state index < -0.39 is 22.2 Å². The summed E-state index contributed by atoms with van der Waals surface area (Å²) in [6.45, 7) is 1.46. The Balaban J connectivity index is 2.13. The number of likely N-dealkylation sites (tertiary alicyclic amines) is 1. The quantitative estimate of drug-likeness (QED) is 0.638. The zero-order valence-electron chi connectivity index (χ0n) is 12.6. The number of hydrogen-bond acceptors (Lipinski definition) is 5. The number of carboxylic acid groups (broad SMARTS) is 1. The third kappa shape index (κ3) is 5.62. The molecule has 0 aromatic heterocycles. The van der Waals surface area contributed by atoms with Gasteiger partial charge in [-0.25, -0.2) is 4.79 Å². The van der Waals surface area contributed by atoms with Gasteiger partial charge in [-0.2, -0.15) is 8.42 Å². The van der Waals surface area contributed by atoms with Gasteiger partial charge in [-0.1, -0.05) is 29.8 Å². The van der Waals surface area contributed by atoms with Gasteiger partial charge < -0.3 is 5.11 Å². The van der Waals surface area contributed by atoms with E-state index in [0.717, 1.165) is 17.9 Å². The summed E-state index contributed by atoms with van der Waals surface area (Å²) in [5.41, 5.74) is 1.37. The van der Waals surface area contributed by atoms with Gasteiger partial charge in [0.1, 0.15) is 6.10 Å². The third-order valence-corrected chi connectivity index (χ3v) is 4.43. The molecule has 23 heavy (non-hydrogen) atoms. The Morgan fingerprint density at radius 2 is 2.17 bits per heavy atom. The Kier molecular flexibility index (Phi) is 5.80. The van der Waals surface area contributed by atoms with Gasteiger partial charge in [0.15, 0.2) is 0 Å². The van der Waals surface area contributed by atoms with Crippen molar-refractivity contribution < 1.29 is 22.5 Å². The number of nitrogens with zero attached hydrogens (tertiary/aromatic N) is 1. The second-order valence-electron chi connectivity index (χ2n) is 5.44. The van der Waals surface area contributed by atoms with Gasteiger partial charge in [0, 0.05) is 30.7 Å². The van der Waals surface area contributed by atoms with Crippen LogP contribution < -0.4 is 0 Å². The normalized spacial score (nSPS) is 21.5. The molecule has 0 aliphatic carbocycles. The lowest BCUT2D eigenvalue weighted by atomic mass is 10.0. The molecule has 1 N–H and O–H groups in total. The first-order valence-electron chi connectivity index (χ1n) is 7.02. The maximum absolute atomic E-state index is 11.3. The van der Waals surface area contributed by atoms with Crippen LogP contribution in [-0.2, 0) is 25.6 Å². The van der Waals surface area contributed by atoms with Gasteiger partial charge in [0.25, 0.3) is 10.1 Å². The highest BCUT2D eigenvalue weighted by Crippen LogP contribution is 2.24. The molecule has 0 amide bonds. The number of benzene rings is 1. The summed E-state index contributed by atoms with van der Waals surface area (Å²) in [5.74, 6) is -1.12. The van der Waals surface area contributed by atoms with Crippen molar-refractivity contribution in [2.75, 3.05) is 19.3 Å². The van der Waals surface area contributed by atoms with Crippen molar-refractivity contribution >= 4 is 27.7 Å². The van der Waals surface area contributed by atoms with Crippen molar-refractivity contribution in [2.24, 2.45) is 0 Å². The van der Waals surface area contributed by atoms with E-state index in [1.165, 1.54) is 0 Å². The fraction of sp³-hybridized carbons (Fsp3) is 0.400. The highest BCUT2D eigenvalue weighted by molar-refractivity contribution is 7.86. The van der Waals surface area contributed by atoms with Crippen LogP contribution in [0.1, 0.15) is 12.0 Å². The van der Waals surface area contributed by atoms with E-state index in [9.17, 15) is 13.2 Å². The van der Waals surface area contributed by atoms with Crippen molar-refractivity contribution in [1.29, 1.82) is 0 Å². The number of halogens is 1. The fourth-order valence-electron chi connectivity index (χ4n) is 2.54. The van der Waals surface area contributed by atoms with Crippen LogP contribution in [0, 0.1) is 0 Å². The molecule has 1 unspecified atom stereocenters. The first-order valence-corrected chi connectivity index (χ1v) is 9.21. The molecule has 8 heteroatoms. The second-order valence-corrected chi connectivity index (χ2v) is 7.45.